The standard InChI is InChI=1S/C30H34F3N9O2/c1-19(17-43)36-14-20-10-25(30(31,32)33)40-26(11-20)44-23-3-8-41(9-4-23)22-12-29(13-22,5-6-34)42-16-21(15-39-42)27-24-2-7-35-28(24)38-18-37-27/h2,7,10-11,15-16,18-19,22-23,36,43H,3-5,8-9,12-14,17H2,1H3,(H,35,37,38)/t19-,22-,29+/m0/s1. The summed E-state index contributed by atoms with van der Waals surface area (Å²) in [5.41, 5.74) is 1.38. The zero-order valence-corrected chi connectivity index (χ0v) is 24.3. The van der Waals surface area contributed by atoms with Gasteiger partial charge in [-0.25, -0.2) is 15.0 Å². The number of halogens is 3. The molecule has 4 aromatic heterocycles. The minimum Gasteiger partial charge on any atom is -0.474 e. The van der Waals surface area contributed by atoms with E-state index in [-0.39, 0.29) is 37.2 Å². The lowest BCUT2D eigenvalue weighted by molar-refractivity contribution is -0.141. The van der Waals surface area contributed by atoms with Crippen LogP contribution in [0.2, 0.25) is 0 Å². The average molecular weight is 610 g/mol. The molecule has 2 aliphatic rings. The number of H-pyrrole nitrogens is 1. The quantitative estimate of drug-likeness (QED) is 0.243. The molecule has 4 aromatic rings. The van der Waals surface area contributed by atoms with Crippen molar-refractivity contribution in [1.82, 2.24) is 39.9 Å². The highest BCUT2D eigenvalue weighted by Gasteiger charge is 2.49. The van der Waals surface area contributed by atoms with Gasteiger partial charge in [0.2, 0.25) is 5.88 Å². The number of fused-ring (bicyclic) bond motifs is 1. The monoisotopic (exact) mass is 609 g/mol. The van der Waals surface area contributed by atoms with Crippen LogP contribution in [0.1, 0.15) is 50.3 Å². The van der Waals surface area contributed by atoms with Gasteiger partial charge in [0.25, 0.3) is 0 Å². The Kier molecular flexibility index (Phi) is 8.28. The normalized spacial score (nSPS) is 22.0. The third kappa shape index (κ3) is 6.12. The molecular weight excluding hydrogens is 575 g/mol. The van der Waals surface area contributed by atoms with Crippen LogP contribution in [0.5, 0.6) is 5.88 Å². The first-order valence-corrected chi connectivity index (χ1v) is 14.7. The number of hydrogen-bond acceptors (Lipinski definition) is 9. The molecule has 1 aliphatic heterocycles. The predicted molar refractivity (Wildman–Crippen MR) is 154 cm³/mol. The molecule has 0 unspecified atom stereocenters. The first-order valence-electron chi connectivity index (χ1n) is 14.7. The van der Waals surface area contributed by atoms with Crippen LogP contribution in [-0.4, -0.2) is 77.6 Å². The number of aromatic nitrogens is 6. The van der Waals surface area contributed by atoms with Crippen LogP contribution in [0.4, 0.5) is 13.2 Å². The molecule has 1 saturated carbocycles. The van der Waals surface area contributed by atoms with E-state index in [1.165, 1.54) is 12.4 Å². The fourth-order valence-electron chi connectivity index (χ4n) is 6.20. The summed E-state index contributed by atoms with van der Waals surface area (Å²) in [5, 5.41) is 27.4. The smallest absolute Gasteiger partial charge is 0.433 e. The van der Waals surface area contributed by atoms with E-state index in [0.717, 1.165) is 54.3 Å². The number of alkyl halides is 3. The molecule has 0 bridgehead atoms. The Hall–Kier alpha value is -4.06. The maximum absolute atomic E-state index is 13.5. The van der Waals surface area contributed by atoms with E-state index < -0.39 is 17.4 Å². The SMILES string of the molecule is C[C@@H](CO)NCc1cc(OC2CCN([C@H]3C[C@@](CC#N)(n4cc(-c5ncnc6[nH]ccc56)cn4)C3)CC2)nc(C(F)(F)F)c1. The molecule has 0 aromatic carbocycles. The van der Waals surface area contributed by atoms with Crippen LogP contribution in [-0.2, 0) is 18.3 Å². The van der Waals surface area contributed by atoms with Gasteiger partial charge < -0.3 is 20.1 Å². The van der Waals surface area contributed by atoms with Crippen molar-refractivity contribution >= 4 is 11.0 Å². The minimum absolute atomic E-state index is 0.0431. The average Bonchev–Trinajstić information content (AvgIpc) is 3.68. The summed E-state index contributed by atoms with van der Waals surface area (Å²) in [7, 11) is 0. The largest absolute Gasteiger partial charge is 0.474 e. The Balaban J connectivity index is 1.08. The zero-order chi connectivity index (χ0) is 30.9. The number of aliphatic hydroxyl groups excluding tert-OH is 1. The number of pyridine rings is 1. The third-order valence-electron chi connectivity index (χ3n) is 8.70. The third-order valence-corrected chi connectivity index (χ3v) is 8.70. The van der Waals surface area contributed by atoms with Gasteiger partial charge in [-0.15, -0.1) is 0 Å². The van der Waals surface area contributed by atoms with Crippen molar-refractivity contribution in [3.63, 3.8) is 0 Å². The summed E-state index contributed by atoms with van der Waals surface area (Å²) in [5.74, 6) is -0.0431. The van der Waals surface area contributed by atoms with Crippen LogP contribution in [0.15, 0.2) is 43.1 Å². The number of nitrogens with zero attached hydrogens (tertiary/aromatic N) is 7. The fourth-order valence-corrected chi connectivity index (χ4v) is 6.20. The molecule has 232 valence electrons. The summed E-state index contributed by atoms with van der Waals surface area (Å²) >= 11 is 0. The number of ether oxygens (including phenoxy) is 1. The van der Waals surface area contributed by atoms with Gasteiger partial charge in [-0.1, -0.05) is 0 Å². The molecule has 0 radical (unpaired) electrons. The molecule has 1 atom stereocenters. The van der Waals surface area contributed by atoms with E-state index in [1.54, 1.807) is 13.1 Å². The van der Waals surface area contributed by atoms with Crippen LogP contribution >= 0.6 is 0 Å². The van der Waals surface area contributed by atoms with E-state index in [9.17, 15) is 23.5 Å². The highest BCUT2D eigenvalue weighted by molar-refractivity contribution is 5.90. The Morgan fingerprint density at radius 1 is 1.25 bits per heavy atom. The van der Waals surface area contributed by atoms with Crippen molar-refractivity contribution in [2.75, 3.05) is 19.7 Å². The lowest BCUT2D eigenvalue weighted by Gasteiger charge is -2.52. The summed E-state index contributed by atoms with van der Waals surface area (Å²) in [6.07, 6.45) is 5.41. The molecule has 0 amide bonds. The van der Waals surface area contributed by atoms with Gasteiger partial charge >= 0.3 is 6.18 Å². The highest BCUT2D eigenvalue weighted by Crippen LogP contribution is 2.45. The second kappa shape index (κ2) is 12.1. The molecule has 1 aliphatic carbocycles. The molecule has 5 heterocycles. The number of likely N-dealkylation sites (tertiary alicyclic amines) is 1. The van der Waals surface area contributed by atoms with Crippen molar-refractivity contribution in [3.05, 3.63) is 54.4 Å². The second-order valence-corrected chi connectivity index (χ2v) is 11.8. The zero-order valence-electron chi connectivity index (χ0n) is 24.3. The van der Waals surface area contributed by atoms with E-state index in [4.69, 9.17) is 4.74 Å². The van der Waals surface area contributed by atoms with Gasteiger partial charge in [0, 0.05) is 61.1 Å². The second-order valence-electron chi connectivity index (χ2n) is 11.8. The minimum atomic E-state index is -4.60. The lowest BCUT2D eigenvalue weighted by atomic mass is 9.69. The van der Waals surface area contributed by atoms with Gasteiger partial charge in [0.05, 0.1) is 36.5 Å². The summed E-state index contributed by atoms with van der Waals surface area (Å²) in [4.78, 5) is 17.9. The number of nitriles is 1. The molecular formula is C30H34F3N9O2. The summed E-state index contributed by atoms with van der Waals surface area (Å²) in [6.45, 7) is 3.24. The highest BCUT2D eigenvalue weighted by atomic mass is 19.4. The number of hydrogen-bond donors (Lipinski definition) is 3. The van der Waals surface area contributed by atoms with Gasteiger partial charge in [0.1, 0.15) is 23.8 Å². The fraction of sp³-hybridized carbons (Fsp3) is 0.500. The summed E-state index contributed by atoms with van der Waals surface area (Å²) in [6, 6.07) is 6.82. The van der Waals surface area contributed by atoms with Crippen molar-refractivity contribution in [2.24, 2.45) is 0 Å². The molecule has 6 rings (SSSR count). The molecule has 2 fully saturated rings. The Labute approximate surface area is 252 Å². The van der Waals surface area contributed by atoms with Crippen molar-refractivity contribution in [1.29, 1.82) is 5.26 Å². The van der Waals surface area contributed by atoms with Crippen molar-refractivity contribution < 1.29 is 23.0 Å². The summed E-state index contributed by atoms with van der Waals surface area (Å²) < 4.78 is 48.5. The van der Waals surface area contributed by atoms with Gasteiger partial charge in [-0.3, -0.25) is 9.58 Å². The lowest BCUT2D eigenvalue weighted by Crippen LogP contribution is -2.58. The Morgan fingerprint density at radius 3 is 2.77 bits per heavy atom. The molecule has 14 heteroatoms. The topological polar surface area (TPSA) is 141 Å². The van der Waals surface area contributed by atoms with Gasteiger partial charge in [-0.2, -0.15) is 23.5 Å². The molecule has 1 saturated heterocycles. The van der Waals surface area contributed by atoms with Crippen LogP contribution in [0.3, 0.4) is 0 Å². The van der Waals surface area contributed by atoms with Gasteiger partial charge in [0.15, 0.2) is 0 Å². The van der Waals surface area contributed by atoms with E-state index in [0.29, 0.717) is 24.8 Å². The van der Waals surface area contributed by atoms with Gasteiger partial charge in [-0.05, 0) is 50.3 Å². The van der Waals surface area contributed by atoms with Crippen LogP contribution in [0.25, 0.3) is 22.3 Å². The van der Waals surface area contributed by atoms with E-state index in [2.05, 4.69) is 41.3 Å². The predicted octanol–water partition coefficient (Wildman–Crippen LogP) is 4.02. The number of aromatic amines is 1. The number of piperidine rings is 1. The Morgan fingerprint density at radius 2 is 2.05 bits per heavy atom. The molecule has 11 nitrogen and oxygen atoms in total. The number of aliphatic hydroxyl groups is 1. The molecule has 0 spiro atoms. The van der Waals surface area contributed by atoms with Crippen molar-refractivity contribution in [3.8, 4) is 23.2 Å². The molecule has 3 N–H and O–H groups in total. The van der Waals surface area contributed by atoms with Crippen LogP contribution < -0.4 is 10.1 Å². The number of rotatable bonds is 10. The first-order chi connectivity index (χ1) is 21.2. The van der Waals surface area contributed by atoms with E-state index in [1.807, 2.05) is 23.1 Å². The number of nitrogens with one attached hydrogen (secondary N) is 2. The van der Waals surface area contributed by atoms with E-state index >= 15 is 0 Å². The first kappa shape index (κ1) is 30.0. The Bertz CT molecular complexity index is 1630. The van der Waals surface area contributed by atoms with Crippen molar-refractivity contribution in [2.45, 2.75) is 75.5 Å². The maximum atomic E-state index is 13.5. The maximum Gasteiger partial charge on any atom is 0.433 e. The van der Waals surface area contributed by atoms with Crippen LogP contribution in [0, 0.1) is 11.3 Å². The molecule has 44 heavy (non-hydrogen) atoms.